The highest BCUT2D eigenvalue weighted by molar-refractivity contribution is 9.10. The molecule has 1 N–H and O–H groups in total. The lowest BCUT2D eigenvalue weighted by Gasteiger charge is -2.09. The SMILES string of the molecule is COc1ccc(Br)c(C(=O)Nc2cccc(-c3cn4ccsc4n3)c2)c1. The van der Waals surface area contributed by atoms with Crippen molar-refractivity contribution >= 4 is 43.8 Å². The molecule has 0 radical (unpaired) electrons. The van der Waals surface area contributed by atoms with Crippen LogP contribution in [0.25, 0.3) is 16.2 Å². The maximum absolute atomic E-state index is 12.6. The van der Waals surface area contributed by atoms with Crippen molar-refractivity contribution in [1.29, 1.82) is 0 Å². The summed E-state index contributed by atoms with van der Waals surface area (Å²) in [6, 6.07) is 12.9. The van der Waals surface area contributed by atoms with Crippen molar-refractivity contribution in [3.05, 3.63) is 70.3 Å². The molecule has 4 rings (SSSR count). The normalized spacial score (nSPS) is 10.8. The molecular formula is C19H14BrN3O2S. The minimum Gasteiger partial charge on any atom is -0.497 e. The lowest BCUT2D eigenvalue weighted by molar-refractivity contribution is 0.102. The Morgan fingerprint density at radius 1 is 1.27 bits per heavy atom. The Morgan fingerprint density at radius 3 is 2.96 bits per heavy atom. The van der Waals surface area contributed by atoms with Crippen molar-refractivity contribution in [3.8, 4) is 17.0 Å². The van der Waals surface area contributed by atoms with Gasteiger partial charge in [0.25, 0.3) is 5.91 Å². The lowest BCUT2D eigenvalue weighted by Crippen LogP contribution is -2.12. The number of benzene rings is 2. The van der Waals surface area contributed by atoms with E-state index >= 15 is 0 Å². The van der Waals surface area contributed by atoms with Gasteiger partial charge in [0.05, 0.1) is 18.4 Å². The van der Waals surface area contributed by atoms with Gasteiger partial charge in [-0.25, -0.2) is 4.98 Å². The number of carbonyl (C=O) groups is 1. The fourth-order valence-electron chi connectivity index (χ4n) is 2.63. The first-order valence-corrected chi connectivity index (χ1v) is 9.49. The molecule has 2 heterocycles. The molecule has 2 aromatic heterocycles. The number of carbonyl (C=O) groups excluding carboxylic acids is 1. The average Bonchev–Trinajstić information content (AvgIpc) is 3.24. The third-order valence-electron chi connectivity index (χ3n) is 3.93. The molecule has 0 aliphatic rings. The third kappa shape index (κ3) is 3.23. The van der Waals surface area contributed by atoms with Crippen LogP contribution in [0.1, 0.15) is 10.4 Å². The largest absolute Gasteiger partial charge is 0.497 e. The monoisotopic (exact) mass is 427 g/mol. The number of aromatic nitrogens is 2. The van der Waals surface area contributed by atoms with Crippen molar-refractivity contribution in [3.63, 3.8) is 0 Å². The van der Waals surface area contributed by atoms with Crippen LogP contribution in [0.4, 0.5) is 5.69 Å². The number of anilines is 1. The topological polar surface area (TPSA) is 55.6 Å². The summed E-state index contributed by atoms with van der Waals surface area (Å²) in [5, 5.41) is 4.93. The van der Waals surface area contributed by atoms with Crippen LogP contribution >= 0.6 is 27.3 Å². The van der Waals surface area contributed by atoms with Crippen molar-refractivity contribution in [2.45, 2.75) is 0 Å². The van der Waals surface area contributed by atoms with Crippen molar-refractivity contribution in [1.82, 2.24) is 9.38 Å². The number of ether oxygens (including phenoxy) is 1. The molecule has 5 nitrogen and oxygen atoms in total. The standard InChI is InChI=1S/C19H14BrN3O2S/c1-25-14-5-6-16(20)15(10-14)18(24)21-13-4-2-3-12(9-13)17-11-23-7-8-26-19(23)22-17/h2-11H,1H3,(H,21,24). The predicted molar refractivity (Wildman–Crippen MR) is 107 cm³/mol. The Morgan fingerprint density at radius 2 is 2.15 bits per heavy atom. The quantitative estimate of drug-likeness (QED) is 0.493. The van der Waals surface area contributed by atoms with Gasteiger partial charge in [0.2, 0.25) is 0 Å². The zero-order valence-corrected chi connectivity index (χ0v) is 16.2. The number of fused-ring (bicyclic) bond motifs is 1. The minimum atomic E-state index is -0.209. The number of methoxy groups -OCH3 is 1. The van der Waals surface area contributed by atoms with Crippen LogP contribution in [0.2, 0.25) is 0 Å². The molecule has 0 bridgehead atoms. The van der Waals surface area contributed by atoms with E-state index in [1.807, 2.05) is 46.4 Å². The van der Waals surface area contributed by atoms with Crippen molar-refractivity contribution < 1.29 is 9.53 Å². The van der Waals surface area contributed by atoms with Crippen LogP contribution in [0, 0.1) is 0 Å². The lowest BCUT2D eigenvalue weighted by atomic mass is 10.1. The van der Waals surface area contributed by atoms with Crippen LogP contribution in [0.15, 0.2) is 64.7 Å². The van der Waals surface area contributed by atoms with Gasteiger partial charge in [0.15, 0.2) is 4.96 Å². The molecule has 0 aliphatic heterocycles. The van der Waals surface area contributed by atoms with E-state index in [1.54, 1.807) is 36.6 Å². The van der Waals surface area contributed by atoms with Gasteiger partial charge in [-0.15, -0.1) is 11.3 Å². The fourth-order valence-corrected chi connectivity index (χ4v) is 3.75. The first-order valence-electron chi connectivity index (χ1n) is 7.81. The van der Waals surface area contributed by atoms with Gasteiger partial charge >= 0.3 is 0 Å². The summed E-state index contributed by atoms with van der Waals surface area (Å²) in [4.78, 5) is 18.2. The minimum absolute atomic E-state index is 0.209. The molecule has 2 aromatic carbocycles. The number of nitrogens with one attached hydrogen (secondary N) is 1. The molecule has 4 aromatic rings. The molecule has 0 fully saturated rings. The van der Waals surface area contributed by atoms with E-state index in [4.69, 9.17) is 4.74 Å². The summed E-state index contributed by atoms with van der Waals surface area (Å²) in [6.45, 7) is 0. The number of hydrogen-bond acceptors (Lipinski definition) is 4. The molecule has 0 saturated heterocycles. The van der Waals surface area contributed by atoms with Gasteiger partial charge in [-0.3, -0.25) is 9.20 Å². The highest BCUT2D eigenvalue weighted by atomic mass is 79.9. The molecule has 0 aliphatic carbocycles. The number of amides is 1. The van der Waals surface area contributed by atoms with Crippen LogP contribution < -0.4 is 10.1 Å². The molecule has 1 amide bonds. The second-order valence-electron chi connectivity index (χ2n) is 5.60. The van der Waals surface area contributed by atoms with Gasteiger partial charge in [0, 0.05) is 33.5 Å². The molecule has 7 heteroatoms. The summed E-state index contributed by atoms with van der Waals surface area (Å²) in [5.41, 5.74) is 3.04. The highest BCUT2D eigenvalue weighted by Gasteiger charge is 2.13. The molecule has 130 valence electrons. The fraction of sp³-hybridized carbons (Fsp3) is 0.0526. The molecule has 0 atom stereocenters. The zero-order valence-electron chi connectivity index (χ0n) is 13.8. The summed E-state index contributed by atoms with van der Waals surface area (Å²) >= 11 is 5.00. The van der Waals surface area contributed by atoms with Crippen molar-refractivity contribution in [2.75, 3.05) is 12.4 Å². The summed E-state index contributed by atoms with van der Waals surface area (Å²) in [7, 11) is 1.57. The number of hydrogen-bond donors (Lipinski definition) is 1. The summed E-state index contributed by atoms with van der Waals surface area (Å²) in [6.07, 6.45) is 3.95. The molecule has 0 spiro atoms. The second kappa shape index (κ2) is 6.93. The Hall–Kier alpha value is -2.64. The third-order valence-corrected chi connectivity index (χ3v) is 5.39. The van der Waals surface area contributed by atoms with Gasteiger partial charge in [-0.2, -0.15) is 0 Å². The van der Waals surface area contributed by atoms with Crippen LogP contribution in [0.3, 0.4) is 0 Å². The number of nitrogens with zero attached hydrogens (tertiary/aromatic N) is 2. The van der Waals surface area contributed by atoms with E-state index < -0.39 is 0 Å². The Labute approximate surface area is 162 Å². The van der Waals surface area contributed by atoms with Gasteiger partial charge in [-0.05, 0) is 46.3 Å². The number of halogens is 1. The Kier molecular flexibility index (Phi) is 4.48. The Bertz CT molecular complexity index is 1070. The van der Waals surface area contributed by atoms with Gasteiger partial charge < -0.3 is 10.1 Å². The van der Waals surface area contributed by atoms with Crippen LogP contribution in [-0.4, -0.2) is 22.4 Å². The van der Waals surface area contributed by atoms with Crippen LogP contribution in [0.5, 0.6) is 5.75 Å². The number of thiazole rings is 1. The first kappa shape index (κ1) is 16.8. The number of rotatable bonds is 4. The van der Waals surface area contributed by atoms with Gasteiger partial charge in [0.1, 0.15) is 5.75 Å². The molecule has 0 saturated carbocycles. The second-order valence-corrected chi connectivity index (χ2v) is 7.33. The number of imidazole rings is 1. The van der Waals surface area contributed by atoms with Gasteiger partial charge in [-0.1, -0.05) is 12.1 Å². The molecular weight excluding hydrogens is 414 g/mol. The van der Waals surface area contributed by atoms with E-state index in [2.05, 4.69) is 26.2 Å². The van der Waals surface area contributed by atoms with E-state index in [0.29, 0.717) is 21.5 Å². The molecule has 26 heavy (non-hydrogen) atoms. The van der Waals surface area contributed by atoms with E-state index in [-0.39, 0.29) is 5.91 Å². The first-order chi connectivity index (χ1) is 12.6. The average molecular weight is 428 g/mol. The predicted octanol–water partition coefficient (Wildman–Crippen LogP) is 5.09. The maximum Gasteiger partial charge on any atom is 0.256 e. The van der Waals surface area contributed by atoms with Crippen molar-refractivity contribution in [2.24, 2.45) is 0 Å². The zero-order chi connectivity index (χ0) is 18.1. The smallest absolute Gasteiger partial charge is 0.256 e. The van der Waals surface area contributed by atoms with E-state index in [9.17, 15) is 4.79 Å². The van der Waals surface area contributed by atoms with Crippen LogP contribution in [-0.2, 0) is 0 Å². The maximum atomic E-state index is 12.6. The Balaban J connectivity index is 1.61. The summed E-state index contributed by atoms with van der Waals surface area (Å²) in [5.74, 6) is 0.420. The van der Waals surface area contributed by atoms with E-state index in [1.165, 1.54) is 0 Å². The highest BCUT2D eigenvalue weighted by Crippen LogP contribution is 2.26. The van der Waals surface area contributed by atoms with E-state index in [0.717, 1.165) is 16.2 Å². The summed E-state index contributed by atoms with van der Waals surface area (Å²) < 4.78 is 7.89. The molecule has 0 unspecified atom stereocenters.